The minimum atomic E-state index is -0.991. The molecule has 248 valence electrons. The standard InChI is InChI=1S/C44H37NO4S/c46-42(48-29-32-17-5-1-6-18-32)41(45-43(47)49-30-40-38-27-15-13-25-36(38)37-26-14-16-28-39(37)40)31-50-44(33-19-7-2-8-20-33,34-21-9-3-10-22-34)35-23-11-4-12-24-35/h1-28,40-41H,29-31H2,(H,45,47)/t41-/m0/s1. The molecule has 1 aliphatic carbocycles. The van der Waals surface area contributed by atoms with Crippen LogP contribution in [0.15, 0.2) is 170 Å². The molecule has 1 aliphatic rings. The molecule has 1 amide bonds. The van der Waals surface area contributed by atoms with Crippen LogP contribution in [-0.2, 0) is 25.6 Å². The van der Waals surface area contributed by atoms with E-state index in [-0.39, 0.29) is 24.9 Å². The van der Waals surface area contributed by atoms with Crippen molar-refractivity contribution < 1.29 is 19.1 Å². The number of hydrogen-bond acceptors (Lipinski definition) is 5. The van der Waals surface area contributed by atoms with Gasteiger partial charge in [0.05, 0.1) is 4.75 Å². The molecule has 50 heavy (non-hydrogen) atoms. The summed E-state index contributed by atoms with van der Waals surface area (Å²) >= 11 is 1.58. The van der Waals surface area contributed by atoms with Crippen LogP contribution in [0.1, 0.15) is 39.3 Å². The number of benzene rings is 6. The second-order valence-electron chi connectivity index (χ2n) is 12.2. The van der Waals surface area contributed by atoms with Crippen molar-refractivity contribution in [2.24, 2.45) is 0 Å². The molecule has 5 nitrogen and oxygen atoms in total. The van der Waals surface area contributed by atoms with Gasteiger partial charge in [0.1, 0.15) is 19.3 Å². The van der Waals surface area contributed by atoms with E-state index in [2.05, 4.69) is 66.0 Å². The summed E-state index contributed by atoms with van der Waals surface area (Å²) in [4.78, 5) is 27.5. The lowest BCUT2D eigenvalue weighted by Crippen LogP contribution is -2.45. The summed E-state index contributed by atoms with van der Waals surface area (Å²) in [6, 6.07) is 55.7. The summed E-state index contributed by atoms with van der Waals surface area (Å²) in [6.45, 7) is 0.231. The zero-order chi connectivity index (χ0) is 34.2. The van der Waals surface area contributed by atoms with Gasteiger partial charge in [0.15, 0.2) is 0 Å². The lowest BCUT2D eigenvalue weighted by Gasteiger charge is -2.36. The smallest absolute Gasteiger partial charge is 0.407 e. The van der Waals surface area contributed by atoms with E-state index >= 15 is 0 Å². The van der Waals surface area contributed by atoms with Gasteiger partial charge in [0.25, 0.3) is 0 Å². The van der Waals surface area contributed by atoms with Crippen molar-refractivity contribution in [3.05, 3.63) is 203 Å². The number of hydrogen-bond donors (Lipinski definition) is 1. The van der Waals surface area contributed by atoms with Gasteiger partial charge < -0.3 is 14.8 Å². The number of esters is 1. The zero-order valence-corrected chi connectivity index (χ0v) is 28.3. The third kappa shape index (κ3) is 6.93. The van der Waals surface area contributed by atoms with Crippen LogP contribution in [-0.4, -0.2) is 30.5 Å². The molecule has 0 saturated heterocycles. The first-order valence-corrected chi connectivity index (χ1v) is 17.7. The molecule has 0 bridgehead atoms. The highest BCUT2D eigenvalue weighted by molar-refractivity contribution is 8.00. The second kappa shape index (κ2) is 15.3. The number of ether oxygens (including phenoxy) is 2. The van der Waals surface area contributed by atoms with Crippen molar-refractivity contribution in [3.8, 4) is 11.1 Å². The molecule has 0 spiro atoms. The average molecular weight is 676 g/mol. The maximum Gasteiger partial charge on any atom is 0.407 e. The number of rotatable bonds is 12. The van der Waals surface area contributed by atoms with Crippen LogP contribution in [0.25, 0.3) is 11.1 Å². The van der Waals surface area contributed by atoms with Crippen molar-refractivity contribution in [1.82, 2.24) is 5.32 Å². The highest BCUT2D eigenvalue weighted by Crippen LogP contribution is 2.49. The van der Waals surface area contributed by atoms with Crippen molar-refractivity contribution in [2.45, 2.75) is 23.3 Å². The summed E-state index contributed by atoms with van der Waals surface area (Å²) in [7, 11) is 0. The van der Waals surface area contributed by atoms with E-state index in [9.17, 15) is 9.59 Å². The van der Waals surface area contributed by atoms with Crippen LogP contribution >= 0.6 is 11.8 Å². The maximum atomic E-state index is 13.9. The Kier molecular flexibility index (Phi) is 10.1. The Labute approximate surface area is 297 Å². The van der Waals surface area contributed by atoms with E-state index in [1.165, 1.54) is 0 Å². The summed E-state index contributed by atoms with van der Waals surface area (Å²) in [5.74, 6) is -0.415. The van der Waals surface area contributed by atoms with Crippen molar-refractivity contribution in [2.75, 3.05) is 12.4 Å². The Morgan fingerprint density at radius 3 is 1.52 bits per heavy atom. The Bertz CT molecular complexity index is 1900. The predicted molar refractivity (Wildman–Crippen MR) is 200 cm³/mol. The molecular weight excluding hydrogens is 639 g/mol. The molecule has 0 saturated carbocycles. The highest BCUT2D eigenvalue weighted by atomic mass is 32.2. The van der Waals surface area contributed by atoms with Crippen LogP contribution in [0.4, 0.5) is 4.79 Å². The lowest BCUT2D eigenvalue weighted by atomic mass is 9.84. The fourth-order valence-electron chi connectivity index (χ4n) is 6.76. The van der Waals surface area contributed by atoms with E-state index in [1.54, 1.807) is 11.8 Å². The van der Waals surface area contributed by atoms with Crippen LogP contribution in [0.5, 0.6) is 0 Å². The number of carbonyl (C=O) groups is 2. The number of amides is 1. The summed E-state index contributed by atoms with van der Waals surface area (Å²) < 4.78 is 11.0. The molecule has 1 atom stereocenters. The molecule has 0 fully saturated rings. The molecule has 0 unspecified atom stereocenters. The monoisotopic (exact) mass is 675 g/mol. The number of fused-ring (bicyclic) bond motifs is 3. The quantitative estimate of drug-likeness (QED) is 0.103. The van der Waals surface area contributed by atoms with Gasteiger partial charge in [0.2, 0.25) is 0 Å². The van der Waals surface area contributed by atoms with E-state index in [0.717, 1.165) is 44.5 Å². The molecule has 6 aromatic carbocycles. The van der Waals surface area contributed by atoms with E-state index < -0.39 is 22.9 Å². The zero-order valence-electron chi connectivity index (χ0n) is 27.5. The van der Waals surface area contributed by atoms with Gasteiger partial charge in [-0.15, -0.1) is 11.8 Å². The van der Waals surface area contributed by atoms with Gasteiger partial charge >= 0.3 is 12.1 Å². The van der Waals surface area contributed by atoms with Gasteiger partial charge in [-0.1, -0.05) is 170 Å². The first kappa shape index (κ1) is 32.9. The molecule has 6 aromatic rings. The normalized spacial score (nSPS) is 12.7. The molecule has 0 aromatic heterocycles. The van der Waals surface area contributed by atoms with Crippen molar-refractivity contribution in [3.63, 3.8) is 0 Å². The topological polar surface area (TPSA) is 64.6 Å². The SMILES string of the molecule is O=C(N[C@@H](CSC(c1ccccc1)(c1ccccc1)c1ccccc1)C(=O)OCc1ccccc1)OCC1c2ccccc2-c2ccccc21. The number of carbonyl (C=O) groups excluding carboxylic acids is 2. The summed E-state index contributed by atoms with van der Waals surface area (Å²) in [5, 5.41) is 2.90. The van der Waals surface area contributed by atoms with E-state index in [0.29, 0.717) is 0 Å². The molecule has 7 rings (SSSR count). The number of nitrogens with one attached hydrogen (secondary N) is 1. The highest BCUT2D eigenvalue weighted by Gasteiger charge is 2.39. The lowest BCUT2D eigenvalue weighted by molar-refractivity contribution is -0.146. The van der Waals surface area contributed by atoms with Crippen molar-refractivity contribution in [1.29, 1.82) is 0 Å². The molecule has 0 heterocycles. The minimum absolute atomic E-state index is 0.0917. The van der Waals surface area contributed by atoms with E-state index in [4.69, 9.17) is 9.47 Å². The van der Waals surface area contributed by atoms with Crippen molar-refractivity contribution >= 4 is 23.8 Å². The fraction of sp³-hybridized carbons (Fsp3) is 0.136. The number of thioether (sulfide) groups is 1. The molecular formula is C44H37NO4S. The first-order chi connectivity index (χ1) is 24.6. The van der Waals surface area contributed by atoms with Crippen LogP contribution in [0.3, 0.4) is 0 Å². The van der Waals surface area contributed by atoms with Gasteiger partial charge in [0, 0.05) is 11.7 Å². The third-order valence-corrected chi connectivity index (χ3v) is 10.8. The minimum Gasteiger partial charge on any atom is -0.459 e. The largest absolute Gasteiger partial charge is 0.459 e. The first-order valence-electron chi connectivity index (χ1n) is 16.8. The van der Waals surface area contributed by atoms with Crippen LogP contribution in [0, 0.1) is 0 Å². The summed E-state index contributed by atoms with van der Waals surface area (Å²) in [6.07, 6.45) is -0.668. The fourth-order valence-corrected chi connectivity index (χ4v) is 8.30. The molecule has 0 aliphatic heterocycles. The Morgan fingerprint density at radius 2 is 1.02 bits per heavy atom. The second-order valence-corrected chi connectivity index (χ2v) is 13.4. The van der Waals surface area contributed by atoms with Gasteiger partial charge in [-0.05, 0) is 44.5 Å². The average Bonchev–Trinajstić information content (AvgIpc) is 3.51. The number of alkyl carbamates (subject to hydrolysis) is 1. The van der Waals surface area contributed by atoms with E-state index in [1.807, 2.05) is 109 Å². The third-order valence-electron chi connectivity index (χ3n) is 9.15. The summed E-state index contributed by atoms with van der Waals surface area (Å²) in [5.41, 5.74) is 8.56. The Morgan fingerprint density at radius 1 is 0.580 bits per heavy atom. The Balaban J connectivity index is 1.16. The molecule has 0 radical (unpaired) electrons. The molecule has 1 N–H and O–H groups in total. The van der Waals surface area contributed by atoms with Gasteiger partial charge in [-0.2, -0.15) is 0 Å². The Hall–Kier alpha value is -5.59. The van der Waals surface area contributed by atoms with Gasteiger partial charge in [-0.3, -0.25) is 0 Å². The molecule has 6 heteroatoms. The van der Waals surface area contributed by atoms with Crippen LogP contribution < -0.4 is 5.32 Å². The van der Waals surface area contributed by atoms with Crippen LogP contribution in [0.2, 0.25) is 0 Å². The maximum absolute atomic E-state index is 13.9. The predicted octanol–water partition coefficient (Wildman–Crippen LogP) is 9.36. The van der Waals surface area contributed by atoms with Gasteiger partial charge in [-0.25, -0.2) is 9.59 Å².